The Labute approximate surface area is 125 Å². The van der Waals surface area contributed by atoms with Crippen molar-refractivity contribution in [2.75, 3.05) is 13.2 Å². The topological polar surface area (TPSA) is 98.0 Å². The van der Waals surface area contributed by atoms with Crippen LogP contribution in [0.4, 0.5) is 0 Å². The van der Waals surface area contributed by atoms with Gasteiger partial charge in [0.2, 0.25) is 5.76 Å². The number of nitrogens with one attached hydrogen (secondary N) is 1. The zero-order valence-electron chi connectivity index (χ0n) is 11.5. The predicted octanol–water partition coefficient (Wildman–Crippen LogP) is 1.68. The number of carboxylic acids is 1. The molecule has 0 atom stereocenters. The van der Waals surface area contributed by atoms with E-state index in [1.54, 1.807) is 18.2 Å². The van der Waals surface area contributed by atoms with Crippen molar-refractivity contribution in [2.45, 2.75) is 6.54 Å². The van der Waals surface area contributed by atoms with Crippen molar-refractivity contribution in [3.05, 3.63) is 47.4 Å². The van der Waals surface area contributed by atoms with Gasteiger partial charge in [-0.15, -0.1) is 0 Å². The van der Waals surface area contributed by atoms with Gasteiger partial charge in [-0.25, -0.2) is 4.79 Å². The molecule has 1 amide bonds. The molecule has 1 aliphatic rings. The van der Waals surface area contributed by atoms with Crippen LogP contribution < -0.4 is 14.8 Å². The fraction of sp³-hybridized carbons (Fsp3) is 0.200. The molecule has 0 aliphatic carbocycles. The van der Waals surface area contributed by atoms with Gasteiger partial charge in [0.1, 0.15) is 19.0 Å². The van der Waals surface area contributed by atoms with Gasteiger partial charge in [0, 0.05) is 0 Å². The molecule has 114 valence electrons. The number of benzene rings is 1. The van der Waals surface area contributed by atoms with E-state index >= 15 is 0 Å². The Balaban J connectivity index is 1.71. The Morgan fingerprint density at radius 2 is 1.95 bits per heavy atom. The number of hydrogen-bond acceptors (Lipinski definition) is 5. The molecule has 2 heterocycles. The minimum atomic E-state index is -1.15. The Bertz CT molecular complexity index is 721. The number of fused-ring (bicyclic) bond motifs is 1. The first-order chi connectivity index (χ1) is 10.6. The van der Waals surface area contributed by atoms with Crippen LogP contribution in [0.3, 0.4) is 0 Å². The number of ether oxygens (including phenoxy) is 2. The second-order valence-corrected chi connectivity index (χ2v) is 4.58. The van der Waals surface area contributed by atoms with E-state index < -0.39 is 5.97 Å². The van der Waals surface area contributed by atoms with Crippen molar-refractivity contribution < 1.29 is 28.6 Å². The SMILES string of the molecule is O=C(O)c1ccc(CNC(=O)c2cccc3c2OCCO3)o1. The number of para-hydroxylation sites is 1. The van der Waals surface area contributed by atoms with Crippen LogP contribution in [0.5, 0.6) is 11.5 Å². The van der Waals surface area contributed by atoms with E-state index in [0.717, 1.165) is 0 Å². The first-order valence-electron chi connectivity index (χ1n) is 6.64. The third-order valence-electron chi connectivity index (χ3n) is 3.11. The van der Waals surface area contributed by atoms with Crippen LogP contribution in [-0.2, 0) is 6.54 Å². The van der Waals surface area contributed by atoms with Crippen molar-refractivity contribution in [3.63, 3.8) is 0 Å². The largest absolute Gasteiger partial charge is 0.486 e. The number of carboxylic acid groups (broad SMARTS) is 1. The molecule has 0 saturated carbocycles. The van der Waals surface area contributed by atoms with E-state index in [0.29, 0.717) is 36.0 Å². The molecule has 2 aromatic rings. The molecule has 7 heteroatoms. The summed E-state index contributed by atoms with van der Waals surface area (Å²) in [6, 6.07) is 7.91. The first-order valence-corrected chi connectivity index (χ1v) is 6.64. The van der Waals surface area contributed by atoms with Crippen LogP contribution in [0.15, 0.2) is 34.7 Å². The van der Waals surface area contributed by atoms with Gasteiger partial charge < -0.3 is 24.3 Å². The number of amides is 1. The summed E-state index contributed by atoms with van der Waals surface area (Å²) in [5, 5.41) is 11.4. The Morgan fingerprint density at radius 3 is 2.73 bits per heavy atom. The molecule has 1 aliphatic heterocycles. The first kappa shape index (κ1) is 14.0. The lowest BCUT2D eigenvalue weighted by Crippen LogP contribution is -2.25. The van der Waals surface area contributed by atoms with Crippen molar-refractivity contribution >= 4 is 11.9 Å². The number of carbonyl (C=O) groups excluding carboxylic acids is 1. The molecule has 1 aromatic carbocycles. The van der Waals surface area contributed by atoms with E-state index in [-0.39, 0.29) is 18.2 Å². The molecule has 0 fully saturated rings. The van der Waals surface area contributed by atoms with E-state index in [1.165, 1.54) is 12.1 Å². The molecule has 0 saturated heterocycles. The molecule has 0 unspecified atom stereocenters. The number of hydrogen-bond donors (Lipinski definition) is 2. The van der Waals surface area contributed by atoms with Gasteiger partial charge in [-0.3, -0.25) is 4.79 Å². The van der Waals surface area contributed by atoms with E-state index in [2.05, 4.69) is 5.32 Å². The van der Waals surface area contributed by atoms with E-state index in [4.69, 9.17) is 19.0 Å². The molecule has 1 aromatic heterocycles. The fourth-order valence-corrected chi connectivity index (χ4v) is 2.10. The lowest BCUT2D eigenvalue weighted by molar-refractivity contribution is 0.0660. The quantitative estimate of drug-likeness (QED) is 0.891. The van der Waals surface area contributed by atoms with Crippen LogP contribution in [0, 0.1) is 0 Å². The average molecular weight is 303 g/mol. The lowest BCUT2D eigenvalue weighted by Gasteiger charge is -2.20. The lowest BCUT2D eigenvalue weighted by atomic mass is 10.1. The molecule has 0 bridgehead atoms. The van der Waals surface area contributed by atoms with Crippen LogP contribution >= 0.6 is 0 Å². The summed E-state index contributed by atoms with van der Waals surface area (Å²) in [7, 11) is 0. The number of rotatable bonds is 4. The predicted molar refractivity (Wildman–Crippen MR) is 74.3 cm³/mol. The molecule has 7 nitrogen and oxygen atoms in total. The Kier molecular flexibility index (Phi) is 3.69. The summed E-state index contributed by atoms with van der Waals surface area (Å²) in [6.07, 6.45) is 0. The van der Waals surface area contributed by atoms with Gasteiger partial charge in [-0.1, -0.05) is 6.07 Å². The van der Waals surface area contributed by atoms with Gasteiger partial charge in [0.15, 0.2) is 11.5 Å². The third kappa shape index (κ3) is 2.73. The van der Waals surface area contributed by atoms with Gasteiger partial charge in [0.05, 0.1) is 12.1 Å². The van der Waals surface area contributed by atoms with Gasteiger partial charge in [0.25, 0.3) is 5.91 Å². The summed E-state index contributed by atoms with van der Waals surface area (Å²) >= 11 is 0. The van der Waals surface area contributed by atoms with Gasteiger partial charge in [-0.2, -0.15) is 0 Å². The van der Waals surface area contributed by atoms with Crippen molar-refractivity contribution in [1.29, 1.82) is 0 Å². The summed E-state index contributed by atoms with van der Waals surface area (Å²) in [6.45, 7) is 0.913. The second-order valence-electron chi connectivity index (χ2n) is 4.58. The average Bonchev–Trinajstić information content (AvgIpc) is 3.01. The zero-order chi connectivity index (χ0) is 15.5. The summed E-state index contributed by atoms with van der Waals surface area (Å²) in [5.74, 6) is -0.372. The zero-order valence-corrected chi connectivity index (χ0v) is 11.5. The van der Waals surface area contributed by atoms with Crippen molar-refractivity contribution in [1.82, 2.24) is 5.32 Å². The second kappa shape index (κ2) is 5.80. The van der Waals surface area contributed by atoms with Crippen LogP contribution in [0.2, 0.25) is 0 Å². The normalized spacial score (nSPS) is 12.7. The number of aromatic carboxylic acids is 1. The Morgan fingerprint density at radius 1 is 1.14 bits per heavy atom. The van der Waals surface area contributed by atoms with Gasteiger partial charge >= 0.3 is 5.97 Å². The smallest absolute Gasteiger partial charge is 0.371 e. The highest BCUT2D eigenvalue weighted by Gasteiger charge is 2.20. The van der Waals surface area contributed by atoms with Crippen LogP contribution in [0.25, 0.3) is 0 Å². The van der Waals surface area contributed by atoms with Gasteiger partial charge in [-0.05, 0) is 24.3 Å². The summed E-state index contributed by atoms with van der Waals surface area (Å²) < 4.78 is 16.0. The number of carbonyl (C=O) groups is 2. The summed E-state index contributed by atoms with van der Waals surface area (Å²) in [5.41, 5.74) is 0.363. The third-order valence-corrected chi connectivity index (χ3v) is 3.11. The number of furan rings is 1. The highest BCUT2D eigenvalue weighted by Crippen LogP contribution is 2.33. The minimum absolute atomic E-state index is 0.0800. The molecule has 0 spiro atoms. The maximum absolute atomic E-state index is 12.2. The standard InChI is InChI=1S/C15H13NO6/c17-14(16-8-9-4-5-12(22-9)15(18)19)10-2-1-3-11-13(10)21-7-6-20-11/h1-5H,6-8H2,(H,16,17)(H,18,19). The molecular formula is C15H13NO6. The molecule has 3 rings (SSSR count). The highest BCUT2D eigenvalue weighted by atomic mass is 16.6. The van der Waals surface area contributed by atoms with Crippen molar-refractivity contribution in [2.24, 2.45) is 0 Å². The highest BCUT2D eigenvalue weighted by molar-refractivity contribution is 5.97. The molecular weight excluding hydrogens is 290 g/mol. The maximum atomic E-state index is 12.2. The molecule has 0 radical (unpaired) electrons. The Hall–Kier alpha value is -2.96. The van der Waals surface area contributed by atoms with E-state index in [1.807, 2.05) is 0 Å². The van der Waals surface area contributed by atoms with Crippen molar-refractivity contribution in [3.8, 4) is 11.5 Å². The van der Waals surface area contributed by atoms with Crippen LogP contribution in [-0.4, -0.2) is 30.2 Å². The molecule has 2 N–H and O–H groups in total. The minimum Gasteiger partial charge on any atom is -0.486 e. The summed E-state index contributed by atoms with van der Waals surface area (Å²) in [4.78, 5) is 22.9. The van der Waals surface area contributed by atoms with Crippen LogP contribution in [0.1, 0.15) is 26.7 Å². The maximum Gasteiger partial charge on any atom is 0.371 e. The molecule has 22 heavy (non-hydrogen) atoms. The fourth-order valence-electron chi connectivity index (χ4n) is 2.10. The monoisotopic (exact) mass is 303 g/mol. The van der Waals surface area contributed by atoms with E-state index in [9.17, 15) is 9.59 Å².